The van der Waals surface area contributed by atoms with Crippen molar-refractivity contribution in [3.05, 3.63) is 0 Å². The fraction of sp³-hybridized carbons (Fsp3) is 0.200. The van der Waals surface area contributed by atoms with Crippen LogP contribution in [-0.2, 0) is 20.2 Å². The second-order valence-corrected chi connectivity index (χ2v) is 6.19. The van der Waals surface area contributed by atoms with Gasteiger partial charge in [-0.15, -0.1) is 0 Å². The average Bonchev–Trinajstić information content (AvgIpc) is 2.24. The zero-order valence-corrected chi connectivity index (χ0v) is 11.1. The van der Waals surface area contributed by atoms with Gasteiger partial charge in [0.25, 0.3) is 0 Å². The van der Waals surface area contributed by atoms with Gasteiger partial charge in [-0.3, -0.25) is 14.8 Å². The molecule has 0 aliphatic rings. The van der Waals surface area contributed by atoms with Crippen molar-refractivity contribution in [2.24, 2.45) is 5.73 Å². The Bertz CT molecular complexity index is 775. The largest absolute Gasteiger partial charge is 0.333 e. The van der Waals surface area contributed by atoms with Crippen molar-refractivity contribution in [3.8, 4) is 47.4 Å². The summed E-state index contributed by atoms with van der Waals surface area (Å²) < 4.78 is 56.9. The number of hydrogen-bond donors (Lipinski definition) is 3. The lowest BCUT2D eigenvalue weighted by Gasteiger charge is -2.14. The molecule has 0 spiro atoms. The summed E-state index contributed by atoms with van der Waals surface area (Å²) in [5.41, 5.74) is 4.84. The van der Waals surface area contributed by atoms with Gasteiger partial charge in [0.05, 0.1) is 0 Å². The molecule has 0 aromatic rings. The lowest BCUT2D eigenvalue weighted by Crippen LogP contribution is -2.52. The minimum atomic E-state index is -5.38. The van der Waals surface area contributed by atoms with Crippen molar-refractivity contribution < 1.29 is 25.9 Å². The van der Waals surface area contributed by atoms with E-state index in [-0.39, 0.29) is 0 Å². The van der Waals surface area contributed by atoms with Crippen molar-refractivity contribution >= 4 is 20.2 Å². The molecule has 0 radical (unpaired) electrons. The van der Waals surface area contributed by atoms with Gasteiger partial charge in [0.2, 0.25) is 0 Å². The first-order valence-electron chi connectivity index (χ1n) is 4.23. The molecule has 0 amide bonds. The first-order chi connectivity index (χ1) is 8.56. The van der Waals surface area contributed by atoms with Crippen LogP contribution < -0.4 is 5.73 Å². The van der Waals surface area contributed by atoms with E-state index in [0.29, 0.717) is 0 Å². The zero-order valence-electron chi connectivity index (χ0n) is 9.42. The van der Waals surface area contributed by atoms with Gasteiger partial charge >= 0.3 is 24.4 Å². The Morgan fingerprint density at radius 3 is 1.58 bits per heavy atom. The van der Waals surface area contributed by atoms with Gasteiger partial charge in [0.1, 0.15) is 0 Å². The fourth-order valence-electron chi connectivity index (χ4n) is 0.568. The molecule has 100 valence electrons. The van der Waals surface area contributed by atoms with Crippen LogP contribution >= 0.6 is 0 Å². The van der Waals surface area contributed by atoms with Crippen molar-refractivity contribution in [1.29, 1.82) is 0 Å². The van der Waals surface area contributed by atoms with Crippen molar-refractivity contribution in [2.45, 2.75) is 11.1 Å². The van der Waals surface area contributed by atoms with Gasteiger partial charge in [0, 0.05) is 0 Å². The third kappa shape index (κ3) is 4.65. The molecule has 4 N–H and O–H groups in total. The molecule has 0 aromatic heterocycles. The maximum Gasteiger partial charge on any atom is 0.333 e. The molecular weight excluding hydrogens is 294 g/mol. The van der Waals surface area contributed by atoms with E-state index in [2.05, 4.69) is 29.6 Å². The molecule has 0 rings (SSSR count). The Morgan fingerprint density at radius 1 is 0.842 bits per heavy atom. The van der Waals surface area contributed by atoms with Crippen molar-refractivity contribution in [3.63, 3.8) is 0 Å². The molecule has 0 fully saturated rings. The van der Waals surface area contributed by atoms with Crippen LogP contribution in [0, 0.1) is 47.4 Å². The minimum Gasteiger partial charge on any atom is -0.285 e. The Balaban J connectivity index is 5.58. The molecule has 9 heteroatoms. The monoisotopic (exact) mass is 301 g/mol. The van der Waals surface area contributed by atoms with E-state index >= 15 is 0 Å². The SMILES string of the molecule is CC#CC#CC#CC#CC(N)(S(=O)(=O)O)S(=O)(=O)O. The number of rotatable bonds is 2. The molecule has 0 unspecified atom stereocenters. The van der Waals surface area contributed by atoms with Gasteiger partial charge < -0.3 is 0 Å². The molecule has 7 nitrogen and oxygen atoms in total. The topological polar surface area (TPSA) is 135 Å². The van der Waals surface area contributed by atoms with Crippen LogP contribution in [0.1, 0.15) is 6.92 Å². The molecular formula is C10H7NO6S2. The highest BCUT2D eigenvalue weighted by molar-refractivity contribution is 8.05. The van der Waals surface area contributed by atoms with Gasteiger partial charge in [-0.2, -0.15) is 16.8 Å². The summed E-state index contributed by atoms with van der Waals surface area (Å²) in [6, 6.07) is 0. The van der Waals surface area contributed by atoms with E-state index in [4.69, 9.17) is 14.8 Å². The van der Waals surface area contributed by atoms with E-state index < -0.39 is 24.4 Å². The molecule has 0 aromatic carbocycles. The van der Waals surface area contributed by atoms with Crippen molar-refractivity contribution in [1.82, 2.24) is 0 Å². The van der Waals surface area contributed by atoms with Gasteiger partial charge in [-0.25, -0.2) is 0 Å². The van der Waals surface area contributed by atoms with Crippen LogP contribution in [0.3, 0.4) is 0 Å². The second kappa shape index (κ2) is 6.26. The first kappa shape index (κ1) is 17.0. The fourth-order valence-corrected chi connectivity index (χ4v) is 1.99. The average molecular weight is 301 g/mol. The summed E-state index contributed by atoms with van der Waals surface area (Å²) in [5, 5.41) is 0. The Labute approximate surface area is 111 Å². The molecule has 0 saturated carbocycles. The third-order valence-corrected chi connectivity index (χ3v) is 4.44. The van der Waals surface area contributed by atoms with E-state index in [0.717, 1.165) is 0 Å². The smallest absolute Gasteiger partial charge is 0.285 e. The van der Waals surface area contributed by atoms with E-state index in [1.807, 2.05) is 5.92 Å². The van der Waals surface area contributed by atoms with E-state index in [1.54, 1.807) is 12.8 Å². The Morgan fingerprint density at radius 2 is 1.21 bits per heavy atom. The highest BCUT2D eigenvalue weighted by Gasteiger charge is 2.50. The lowest BCUT2D eigenvalue weighted by atomic mass is 10.5. The molecule has 0 atom stereocenters. The third-order valence-electron chi connectivity index (χ3n) is 1.44. The van der Waals surface area contributed by atoms with Crippen LogP contribution in [0.4, 0.5) is 0 Å². The van der Waals surface area contributed by atoms with Crippen LogP contribution in [0.2, 0.25) is 0 Å². The standard InChI is InChI=1S/C10H7NO6S2/c1-2-3-4-5-6-7-8-9-10(11,18(12,13)14)19(15,16)17/h11H2,1H3,(H,12,13,14)(H,15,16,17). The molecule has 0 aliphatic carbocycles. The highest BCUT2D eigenvalue weighted by Crippen LogP contribution is 2.14. The lowest BCUT2D eigenvalue weighted by molar-refractivity contribution is 0.442. The maximum absolute atomic E-state index is 10.8. The van der Waals surface area contributed by atoms with Gasteiger partial charge in [-0.05, 0) is 48.4 Å². The number of nitrogens with two attached hydrogens (primary N) is 1. The quantitative estimate of drug-likeness (QED) is 0.413. The molecule has 0 bridgehead atoms. The summed E-state index contributed by atoms with van der Waals surface area (Å²) >= 11 is 0. The highest BCUT2D eigenvalue weighted by atomic mass is 32.3. The summed E-state index contributed by atoms with van der Waals surface area (Å²) in [6.07, 6.45) is 0. The van der Waals surface area contributed by atoms with E-state index in [1.165, 1.54) is 5.92 Å². The first-order valence-corrected chi connectivity index (χ1v) is 7.11. The predicted molar refractivity (Wildman–Crippen MR) is 66.8 cm³/mol. The van der Waals surface area contributed by atoms with Gasteiger partial charge in [-0.1, -0.05) is 5.92 Å². The molecule has 0 aliphatic heterocycles. The maximum atomic E-state index is 10.8. The second-order valence-electron chi connectivity index (χ2n) is 2.74. The van der Waals surface area contributed by atoms with Crippen LogP contribution in [0.5, 0.6) is 0 Å². The summed E-state index contributed by atoms with van der Waals surface area (Å²) in [4.78, 5) is 0. The minimum absolute atomic E-state index is 1.44. The predicted octanol–water partition coefficient (Wildman–Crippen LogP) is -1.59. The zero-order chi connectivity index (χ0) is 15.2. The van der Waals surface area contributed by atoms with Crippen LogP contribution in [0.25, 0.3) is 0 Å². The Hall–Kier alpha value is -1.98. The molecule has 0 saturated heterocycles. The normalized spacial score (nSPS) is 10.3. The van der Waals surface area contributed by atoms with Crippen molar-refractivity contribution in [2.75, 3.05) is 0 Å². The summed E-state index contributed by atoms with van der Waals surface area (Å²) in [7, 11) is -10.8. The summed E-state index contributed by atoms with van der Waals surface area (Å²) in [6.45, 7) is 1.54. The van der Waals surface area contributed by atoms with Crippen LogP contribution in [-0.4, -0.2) is 30.1 Å². The van der Waals surface area contributed by atoms with Crippen LogP contribution in [0.15, 0.2) is 0 Å². The Kier molecular flexibility index (Phi) is 5.61. The van der Waals surface area contributed by atoms with Gasteiger partial charge in [0.15, 0.2) is 0 Å². The van der Waals surface area contributed by atoms with E-state index in [9.17, 15) is 16.8 Å². The molecule has 0 heterocycles. The number of hydrogen-bond acceptors (Lipinski definition) is 5. The molecule has 19 heavy (non-hydrogen) atoms. The summed E-state index contributed by atoms with van der Waals surface area (Å²) in [5.74, 6) is 16.5.